The van der Waals surface area contributed by atoms with Gasteiger partial charge in [-0.15, -0.1) is 0 Å². The van der Waals surface area contributed by atoms with Gasteiger partial charge in [0.25, 0.3) is 0 Å². The van der Waals surface area contributed by atoms with Crippen molar-refractivity contribution < 1.29 is 8.42 Å². The third-order valence-electron chi connectivity index (χ3n) is 2.79. The molecule has 0 bridgehead atoms. The van der Waals surface area contributed by atoms with Crippen LogP contribution in [-0.2, 0) is 9.84 Å². The lowest BCUT2D eigenvalue weighted by Crippen LogP contribution is -2.03. The summed E-state index contributed by atoms with van der Waals surface area (Å²) in [6, 6.07) is 17.1. The maximum Gasteiger partial charge on any atom is 0.216 e. The molecule has 100 valence electrons. The van der Waals surface area contributed by atoms with Gasteiger partial charge in [0.1, 0.15) is 11.0 Å². The van der Waals surface area contributed by atoms with Crippen LogP contribution in [0.3, 0.4) is 0 Å². The van der Waals surface area contributed by atoms with Gasteiger partial charge in [0, 0.05) is 0 Å². The number of rotatable bonds is 3. The van der Waals surface area contributed by atoms with Crippen molar-refractivity contribution in [1.29, 1.82) is 5.26 Å². The molecule has 0 heterocycles. The average molecular weight is 283 g/mol. The van der Waals surface area contributed by atoms with Crippen molar-refractivity contribution in [3.8, 4) is 6.07 Å². The fourth-order valence-electron chi connectivity index (χ4n) is 1.81. The molecule has 20 heavy (non-hydrogen) atoms. The molecule has 0 aliphatic rings. The molecule has 0 unspecified atom stereocenters. The highest BCUT2D eigenvalue weighted by atomic mass is 32.2. The first-order valence-electron chi connectivity index (χ1n) is 6.02. The lowest BCUT2D eigenvalue weighted by molar-refractivity contribution is 0.603. The summed E-state index contributed by atoms with van der Waals surface area (Å²) in [5.74, 6) is 0. The van der Waals surface area contributed by atoms with E-state index in [0.29, 0.717) is 5.56 Å². The lowest BCUT2D eigenvalue weighted by atomic mass is 10.1. The highest BCUT2D eigenvalue weighted by molar-refractivity contribution is 7.95. The molecule has 0 radical (unpaired) electrons. The molecule has 0 aromatic heterocycles. The first kappa shape index (κ1) is 14.0. The van der Waals surface area contributed by atoms with Crippen LogP contribution in [0.2, 0.25) is 0 Å². The SMILES string of the molecule is Cc1cccc(/C=C(/C#N)S(=O)(=O)c2ccccc2)c1. The highest BCUT2D eigenvalue weighted by Gasteiger charge is 2.20. The summed E-state index contributed by atoms with van der Waals surface area (Å²) in [5.41, 5.74) is 1.70. The van der Waals surface area contributed by atoms with Gasteiger partial charge in [-0.3, -0.25) is 0 Å². The third-order valence-corrected chi connectivity index (χ3v) is 4.47. The molecule has 0 saturated carbocycles. The zero-order chi connectivity index (χ0) is 14.6. The van der Waals surface area contributed by atoms with Crippen molar-refractivity contribution >= 4 is 15.9 Å². The zero-order valence-corrected chi connectivity index (χ0v) is 11.8. The minimum atomic E-state index is -3.76. The van der Waals surface area contributed by atoms with Crippen LogP contribution in [0.15, 0.2) is 64.4 Å². The van der Waals surface area contributed by atoms with Gasteiger partial charge in [-0.2, -0.15) is 5.26 Å². The van der Waals surface area contributed by atoms with E-state index in [0.717, 1.165) is 5.56 Å². The second kappa shape index (κ2) is 5.72. The Morgan fingerprint density at radius 1 is 1.10 bits per heavy atom. The Bertz CT molecular complexity index is 785. The molecular weight excluding hydrogens is 270 g/mol. The molecule has 3 nitrogen and oxygen atoms in total. The highest BCUT2D eigenvalue weighted by Crippen LogP contribution is 2.21. The maximum atomic E-state index is 12.4. The van der Waals surface area contributed by atoms with Crippen LogP contribution >= 0.6 is 0 Å². The van der Waals surface area contributed by atoms with Crippen molar-refractivity contribution in [1.82, 2.24) is 0 Å². The summed E-state index contributed by atoms with van der Waals surface area (Å²) < 4.78 is 24.7. The smallest absolute Gasteiger partial charge is 0.216 e. The minimum Gasteiger partial charge on any atom is -0.218 e. The molecule has 0 amide bonds. The lowest BCUT2D eigenvalue weighted by Gasteiger charge is -2.03. The largest absolute Gasteiger partial charge is 0.218 e. The third kappa shape index (κ3) is 2.95. The summed E-state index contributed by atoms with van der Waals surface area (Å²) in [7, 11) is -3.76. The number of nitrogens with zero attached hydrogens (tertiary/aromatic N) is 1. The molecular formula is C16H13NO2S. The predicted molar refractivity (Wildman–Crippen MR) is 78.4 cm³/mol. The fourth-order valence-corrected chi connectivity index (χ4v) is 2.99. The van der Waals surface area contributed by atoms with Gasteiger partial charge < -0.3 is 0 Å². The summed E-state index contributed by atoms with van der Waals surface area (Å²) in [6.45, 7) is 1.91. The average Bonchev–Trinajstić information content (AvgIpc) is 2.45. The first-order valence-corrected chi connectivity index (χ1v) is 7.51. The Labute approximate surface area is 118 Å². The molecule has 0 N–H and O–H groups in total. The van der Waals surface area contributed by atoms with Crippen LogP contribution in [0.25, 0.3) is 6.08 Å². The van der Waals surface area contributed by atoms with E-state index in [4.69, 9.17) is 5.26 Å². The van der Waals surface area contributed by atoms with Gasteiger partial charge in [0.2, 0.25) is 9.84 Å². The summed E-state index contributed by atoms with van der Waals surface area (Å²) in [4.78, 5) is -0.130. The summed E-state index contributed by atoms with van der Waals surface area (Å²) >= 11 is 0. The number of hydrogen-bond acceptors (Lipinski definition) is 3. The fraction of sp³-hybridized carbons (Fsp3) is 0.0625. The van der Waals surface area contributed by atoms with E-state index < -0.39 is 9.84 Å². The van der Waals surface area contributed by atoms with E-state index in [1.165, 1.54) is 18.2 Å². The number of hydrogen-bond donors (Lipinski definition) is 0. The standard InChI is InChI=1S/C16H13NO2S/c1-13-6-5-7-14(10-13)11-16(12-17)20(18,19)15-8-3-2-4-9-15/h2-11H,1H3/b16-11-. The molecule has 4 heteroatoms. The van der Waals surface area contributed by atoms with Crippen molar-refractivity contribution in [2.24, 2.45) is 0 Å². The second-order valence-electron chi connectivity index (χ2n) is 4.35. The number of allylic oxidation sites excluding steroid dienone is 1. The molecule has 0 saturated heterocycles. The van der Waals surface area contributed by atoms with Crippen LogP contribution in [0.5, 0.6) is 0 Å². The normalized spacial score (nSPS) is 11.9. The summed E-state index contributed by atoms with van der Waals surface area (Å²) in [5, 5.41) is 9.16. The molecule has 0 aliphatic carbocycles. The van der Waals surface area contributed by atoms with Gasteiger partial charge in [-0.05, 0) is 30.7 Å². The Hall–Kier alpha value is -2.38. The first-order chi connectivity index (χ1) is 9.54. The van der Waals surface area contributed by atoms with Gasteiger partial charge in [-0.1, -0.05) is 48.0 Å². The quantitative estimate of drug-likeness (QED) is 0.812. The Morgan fingerprint density at radius 2 is 1.80 bits per heavy atom. The van der Waals surface area contributed by atoms with E-state index in [2.05, 4.69) is 0 Å². The van der Waals surface area contributed by atoms with E-state index in [9.17, 15) is 8.42 Å². The zero-order valence-electron chi connectivity index (χ0n) is 10.9. The second-order valence-corrected chi connectivity index (χ2v) is 6.27. The Kier molecular flexibility index (Phi) is 4.02. The van der Waals surface area contributed by atoms with Crippen molar-refractivity contribution in [3.05, 3.63) is 70.6 Å². The van der Waals surface area contributed by atoms with Gasteiger partial charge >= 0.3 is 0 Å². The topological polar surface area (TPSA) is 57.9 Å². The Balaban J connectivity index is 2.51. The van der Waals surface area contributed by atoms with E-state index in [1.807, 2.05) is 25.1 Å². The summed E-state index contributed by atoms with van der Waals surface area (Å²) in [6.07, 6.45) is 1.40. The monoisotopic (exact) mass is 283 g/mol. The van der Waals surface area contributed by atoms with Crippen LogP contribution < -0.4 is 0 Å². The molecule has 0 atom stereocenters. The van der Waals surface area contributed by atoms with E-state index in [1.54, 1.807) is 30.3 Å². The number of nitriles is 1. The maximum absolute atomic E-state index is 12.4. The van der Waals surface area contributed by atoms with Crippen LogP contribution in [-0.4, -0.2) is 8.42 Å². The minimum absolute atomic E-state index is 0.125. The van der Waals surface area contributed by atoms with Gasteiger partial charge in [0.05, 0.1) is 4.90 Å². The van der Waals surface area contributed by atoms with Gasteiger partial charge in [0.15, 0.2) is 0 Å². The molecule has 0 aliphatic heterocycles. The molecule has 0 spiro atoms. The Morgan fingerprint density at radius 3 is 2.40 bits per heavy atom. The van der Waals surface area contributed by atoms with E-state index in [-0.39, 0.29) is 9.80 Å². The van der Waals surface area contributed by atoms with Gasteiger partial charge in [-0.25, -0.2) is 8.42 Å². The van der Waals surface area contributed by atoms with Crippen LogP contribution in [0.4, 0.5) is 0 Å². The molecule has 2 rings (SSSR count). The van der Waals surface area contributed by atoms with Crippen molar-refractivity contribution in [2.45, 2.75) is 11.8 Å². The number of benzene rings is 2. The van der Waals surface area contributed by atoms with Crippen LogP contribution in [0, 0.1) is 18.3 Å². The van der Waals surface area contributed by atoms with Crippen molar-refractivity contribution in [2.75, 3.05) is 0 Å². The van der Waals surface area contributed by atoms with Crippen LogP contribution in [0.1, 0.15) is 11.1 Å². The number of sulfone groups is 1. The predicted octanol–water partition coefficient (Wildman–Crippen LogP) is 3.33. The number of aryl methyl sites for hydroxylation is 1. The van der Waals surface area contributed by atoms with E-state index >= 15 is 0 Å². The van der Waals surface area contributed by atoms with Crippen molar-refractivity contribution in [3.63, 3.8) is 0 Å². The molecule has 2 aromatic rings. The molecule has 0 fully saturated rings. The molecule has 2 aromatic carbocycles.